The van der Waals surface area contributed by atoms with Gasteiger partial charge in [0.15, 0.2) is 0 Å². The summed E-state index contributed by atoms with van der Waals surface area (Å²) in [5, 5.41) is 9.09. The molecule has 3 atom stereocenters. The zero-order valence-corrected chi connectivity index (χ0v) is 6.13. The van der Waals surface area contributed by atoms with Gasteiger partial charge in [-0.05, 0) is 12.8 Å². The predicted octanol–water partition coefficient (Wildman–Crippen LogP) is 0.232. The Morgan fingerprint density at radius 2 is 2.12 bits per heavy atom. The zero-order chi connectivity index (χ0) is 6.15. The molecule has 0 aromatic heterocycles. The third kappa shape index (κ3) is 1.04. The fourth-order valence-corrected chi connectivity index (χ4v) is 1.62. The Kier molecular flexibility index (Phi) is 1.90. The molecular formula is C5H10BrNO. The SMILES string of the molecule is NC1CCC(Br)C1O. The van der Waals surface area contributed by atoms with Crippen molar-refractivity contribution in [1.29, 1.82) is 0 Å². The Bertz CT molecular complexity index is 78.5. The van der Waals surface area contributed by atoms with Crippen molar-refractivity contribution >= 4 is 15.9 Å². The second-order valence-electron chi connectivity index (χ2n) is 2.25. The summed E-state index contributed by atoms with van der Waals surface area (Å²) in [7, 11) is 0. The second-order valence-corrected chi connectivity index (χ2v) is 3.42. The minimum atomic E-state index is -0.324. The Balaban J connectivity index is 2.44. The standard InChI is InChI=1S/C5H10BrNO/c6-3-1-2-4(7)5(3)8/h3-5,8H,1-2,7H2. The lowest BCUT2D eigenvalue weighted by Crippen LogP contribution is -2.32. The smallest absolute Gasteiger partial charge is 0.0815 e. The molecule has 0 radical (unpaired) electrons. The molecule has 0 aromatic rings. The molecule has 1 aliphatic rings. The van der Waals surface area contributed by atoms with Crippen LogP contribution in [0.15, 0.2) is 0 Å². The maximum atomic E-state index is 9.09. The second kappa shape index (κ2) is 2.33. The van der Waals surface area contributed by atoms with Gasteiger partial charge in [-0.25, -0.2) is 0 Å². The molecule has 3 heteroatoms. The summed E-state index contributed by atoms with van der Waals surface area (Å²) in [5.74, 6) is 0. The quantitative estimate of drug-likeness (QED) is 0.524. The Morgan fingerprint density at radius 1 is 1.50 bits per heavy atom. The molecule has 48 valence electrons. The summed E-state index contributed by atoms with van der Waals surface area (Å²) >= 11 is 3.31. The Hall–Kier alpha value is 0.400. The van der Waals surface area contributed by atoms with E-state index in [4.69, 9.17) is 10.8 Å². The van der Waals surface area contributed by atoms with Gasteiger partial charge in [0, 0.05) is 10.9 Å². The molecule has 0 spiro atoms. The van der Waals surface area contributed by atoms with Crippen LogP contribution in [-0.4, -0.2) is 22.1 Å². The molecular weight excluding hydrogens is 170 g/mol. The van der Waals surface area contributed by atoms with Crippen molar-refractivity contribution in [1.82, 2.24) is 0 Å². The Labute approximate surface area is 57.2 Å². The summed E-state index contributed by atoms with van der Waals surface area (Å²) in [5.41, 5.74) is 5.49. The van der Waals surface area contributed by atoms with E-state index in [1.807, 2.05) is 0 Å². The van der Waals surface area contributed by atoms with Crippen LogP contribution in [0.5, 0.6) is 0 Å². The predicted molar refractivity (Wildman–Crippen MR) is 35.9 cm³/mol. The number of halogens is 1. The lowest BCUT2D eigenvalue weighted by Gasteiger charge is -2.09. The van der Waals surface area contributed by atoms with Crippen molar-refractivity contribution in [2.75, 3.05) is 0 Å². The molecule has 0 bridgehead atoms. The number of alkyl halides is 1. The first-order chi connectivity index (χ1) is 3.72. The lowest BCUT2D eigenvalue weighted by molar-refractivity contribution is 0.171. The third-order valence-electron chi connectivity index (χ3n) is 1.59. The van der Waals surface area contributed by atoms with Crippen LogP contribution in [0.25, 0.3) is 0 Å². The normalized spacial score (nSPS) is 47.6. The van der Waals surface area contributed by atoms with E-state index in [1.165, 1.54) is 0 Å². The van der Waals surface area contributed by atoms with Crippen molar-refractivity contribution in [3.8, 4) is 0 Å². The summed E-state index contributed by atoms with van der Waals surface area (Å²) in [6.07, 6.45) is 1.62. The average molecular weight is 180 g/mol. The molecule has 2 nitrogen and oxygen atoms in total. The van der Waals surface area contributed by atoms with Gasteiger partial charge >= 0.3 is 0 Å². The molecule has 8 heavy (non-hydrogen) atoms. The Morgan fingerprint density at radius 3 is 2.25 bits per heavy atom. The summed E-state index contributed by atoms with van der Waals surface area (Å²) in [4.78, 5) is 0.234. The van der Waals surface area contributed by atoms with Gasteiger partial charge in [0.05, 0.1) is 6.10 Å². The highest BCUT2D eigenvalue weighted by molar-refractivity contribution is 9.09. The van der Waals surface area contributed by atoms with Gasteiger partial charge in [-0.2, -0.15) is 0 Å². The van der Waals surface area contributed by atoms with Crippen LogP contribution in [-0.2, 0) is 0 Å². The first kappa shape index (κ1) is 6.52. The monoisotopic (exact) mass is 179 g/mol. The zero-order valence-electron chi connectivity index (χ0n) is 4.55. The molecule has 0 heterocycles. The average Bonchev–Trinajstić information content (AvgIpc) is 1.98. The molecule has 0 amide bonds. The topological polar surface area (TPSA) is 46.2 Å². The highest BCUT2D eigenvalue weighted by atomic mass is 79.9. The van der Waals surface area contributed by atoms with Crippen LogP contribution in [0.2, 0.25) is 0 Å². The maximum Gasteiger partial charge on any atom is 0.0815 e. The molecule has 3 N–H and O–H groups in total. The molecule has 0 aromatic carbocycles. The van der Waals surface area contributed by atoms with E-state index in [1.54, 1.807) is 0 Å². The molecule has 1 fully saturated rings. The molecule has 1 rings (SSSR count). The maximum absolute atomic E-state index is 9.09. The van der Waals surface area contributed by atoms with E-state index in [0.29, 0.717) is 0 Å². The van der Waals surface area contributed by atoms with Crippen LogP contribution >= 0.6 is 15.9 Å². The van der Waals surface area contributed by atoms with Crippen molar-refractivity contribution in [3.05, 3.63) is 0 Å². The van der Waals surface area contributed by atoms with Gasteiger partial charge in [-0.1, -0.05) is 15.9 Å². The number of hydrogen-bond acceptors (Lipinski definition) is 2. The highest BCUT2D eigenvalue weighted by Gasteiger charge is 2.29. The molecule has 1 saturated carbocycles. The number of hydrogen-bond donors (Lipinski definition) is 2. The van der Waals surface area contributed by atoms with Crippen molar-refractivity contribution in [2.24, 2.45) is 5.73 Å². The fraction of sp³-hybridized carbons (Fsp3) is 1.00. The van der Waals surface area contributed by atoms with Crippen LogP contribution < -0.4 is 5.73 Å². The van der Waals surface area contributed by atoms with E-state index in [0.717, 1.165) is 12.8 Å². The van der Waals surface area contributed by atoms with Crippen molar-refractivity contribution in [3.63, 3.8) is 0 Å². The van der Waals surface area contributed by atoms with Gasteiger partial charge in [0.2, 0.25) is 0 Å². The summed E-state index contributed by atoms with van der Waals surface area (Å²) in [6, 6.07) is -0.000579. The first-order valence-electron chi connectivity index (χ1n) is 2.79. The minimum Gasteiger partial charge on any atom is -0.390 e. The van der Waals surface area contributed by atoms with Gasteiger partial charge in [0.1, 0.15) is 0 Å². The molecule has 1 aliphatic carbocycles. The number of aliphatic hydroxyl groups excluding tert-OH is 1. The molecule has 3 unspecified atom stereocenters. The van der Waals surface area contributed by atoms with Crippen LogP contribution in [0.1, 0.15) is 12.8 Å². The lowest BCUT2D eigenvalue weighted by atomic mass is 10.2. The first-order valence-corrected chi connectivity index (χ1v) is 3.71. The van der Waals surface area contributed by atoms with Crippen LogP contribution in [0.3, 0.4) is 0 Å². The van der Waals surface area contributed by atoms with E-state index in [9.17, 15) is 0 Å². The van der Waals surface area contributed by atoms with Crippen molar-refractivity contribution in [2.45, 2.75) is 29.8 Å². The largest absolute Gasteiger partial charge is 0.390 e. The third-order valence-corrected chi connectivity index (χ3v) is 2.58. The van der Waals surface area contributed by atoms with E-state index < -0.39 is 0 Å². The fourth-order valence-electron chi connectivity index (χ4n) is 0.961. The number of rotatable bonds is 0. The van der Waals surface area contributed by atoms with Gasteiger partial charge in [-0.15, -0.1) is 0 Å². The molecule has 0 aliphatic heterocycles. The van der Waals surface area contributed by atoms with E-state index in [-0.39, 0.29) is 17.0 Å². The van der Waals surface area contributed by atoms with Crippen LogP contribution in [0, 0.1) is 0 Å². The van der Waals surface area contributed by atoms with Crippen molar-refractivity contribution < 1.29 is 5.11 Å². The molecule has 0 saturated heterocycles. The number of aliphatic hydroxyl groups is 1. The van der Waals surface area contributed by atoms with Crippen LogP contribution in [0.4, 0.5) is 0 Å². The minimum absolute atomic E-state index is 0.000579. The van der Waals surface area contributed by atoms with Gasteiger partial charge in [-0.3, -0.25) is 0 Å². The van der Waals surface area contributed by atoms with Gasteiger partial charge in [0.25, 0.3) is 0 Å². The highest BCUT2D eigenvalue weighted by Crippen LogP contribution is 2.24. The van der Waals surface area contributed by atoms with E-state index in [2.05, 4.69) is 15.9 Å². The number of nitrogens with two attached hydrogens (primary N) is 1. The van der Waals surface area contributed by atoms with Gasteiger partial charge < -0.3 is 10.8 Å². The summed E-state index contributed by atoms with van der Waals surface area (Å²) < 4.78 is 0. The summed E-state index contributed by atoms with van der Waals surface area (Å²) in [6.45, 7) is 0. The van der Waals surface area contributed by atoms with E-state index >= 15 is 0 Å².